The zero-order chi connectivity index (χ0) is 18.7. The molecule has 0 saturated heterocycles. The summed E-state index contributed by atoms with van der Waals surface area (Å²) in [5.41, 5.74) is 1.05. The number of carbonyl (C=O) groups excluding carboxylic acids is 1. The number of rotatable bonds is 5. The topological polar surface area (TPSA) is 94.4 Å². The number of benzene rings is 2. The second kappa shape index (κ2) is 7.51. The van der Waals surface area contributed by atoms with E-state index in [1.807, 2.05) is 24.3 Å². The first-order valence-electron chi connectivity index (χ1n) is 7.33. The van der Waals surface area contributed by atoms with Gasteiger partial charge in [-0.2, -0.15) is 0 Å². The summed E-state index contributed by atoms with van der Waals surface area (Å²) < 4.78 is 5.18. The molecule has 26 heavy (non-hydrogen) atoms. The molecule has 0 aliphatic rings. The van der Waals surface area contributed by atoms with Crippen LogP contribution in [0.3, 0.4) is 0 Å². The van der Waals surface area contributed by atoms with Crippen LogP contribution in [-0.4, -0.2) is 22.9 Å². The lowest BCUT2D eigenvalue weighted by Crippen LogP contribution is -2.13. The molecule has 3 aromatic rings. The predicted molar refractivity (Wildman–Crippen MR) is 100 cm³/mol. The van der Waals surface area contributed by atoms with Gasteiger partial charge < -0.3 is 4.74 Å². The van der Waals surface area contributed by atoms with E-state index >= 15 is 0 Å². The number of aromatic nitrogens is 1. The van der Waals surface area contributed by atoms with Crippen LogP contribution in [0.25, 0.3) is 11.3 Å². The highest BCUT2D eigenvalue weighted by Crippen LogP contribution is 2.29. The third-order valence-corrected chi connectivity index (χ3v) is 4.48. The first-order valence-corrected chi connectivity index (χ1v) is 8.59. The van der Waals surface area contributed by atoms with Gasteiger partial charge in [0.15, 0.2) is 5.13 Å². The third kappa shape index (κ3) is 3.81. The Morgan fingerprint density at radius 3 is 2.85 bits per heavy atom. The molecule has 0 bridgehead atoms. The molecule has 0 saturated carbocycles. The number of thiazole rings is 1. The molecule has 0 fully saturated rings. The van der Waals surface area contributed by atoms with Crippen LogP contribution in [0.1, 0.15) is 10.4 Å². The summed E-state index contributed by atoms with van der Waals surface area (Å²) in [7, 11) is 1.57. The lowest BCUT2D eigenvalue weighted by Gasteiger charge is -2.04. The Balaban J connectivity index is 1.83. The third-order valence-electron chi connectivity index (χ3n) is 3.49. The van der Waals surface area contributed by atoms with Crippen LogP contribution in [0.2, 0.25) is 5.02 Å². The highest BCUT2D eigenvalue weighted by atomic mass is 35.5. The van der Waals surface area contributed by atoms with Crippen molar-refractivity contribution in [2.75, 3.05) is 12.4 Å². The quantitative estimate of drug-likeness (QED) is 0.507. The van der Waals surface area contributed by atoms with E-state index in [0.717, 1.165) is 11.6 Å². The molecule has 0 unspecified atom stereocenters. The number of nitrogens with one attached hydrogen (secondary N) is 1. The lowest BCUT2D eigenvalue weighted by atomic mass is 10.1. The summed E-state index contributed by atoms with van der Waals surface area (Å²) in [5.74, 6) is 0.0674. The molecule has 1 heterocycles. The van der Waals surface area contributed by atoms with E-state index in [0.29, 0.717) is 16.6 Å². The minimum Gasteiger partial charge on any atom is -0.497 e. The van der Waals surface area contributed by atoms with Crippen molar-refractivity contribution in [3.63, 3.8) is 0 Å². The maximum atomic E-state index is 12.4. The Kier molecular flexibility index (Phi) is 5.15. The normalized spacial score (nSPS) is 10.4. The lowest BCUT2D eigenvalue weighted by molar-refractivity contribution is -0.385. The van der Waals surface area contributed by atoms with Crippen molar-refractivity contribution < 1.29 is 14.5 Å². The van der Waals surface area contributed by atoms with Gasteiger partial charge in [-0.05, 0) is 24.3 Å². The average molecular weight is 390 g/mol. The van der Waals surface area contributed by atoms with Gasteiger partial charge in [-0.3, -0.25) is 20.2 Å². The van der Waals surface area contributed by atoms with Gasteiger partial charge >= 0.3 is 0 Å². The average Bonchev–Trinajstić information content (AvgIpc) is 3.10. The van der Waals surface area contributed by atoms with Crippen LogP contribution in [-0.2, 0) is 0 Å². The van der Waals surface area contributed by atoms with Gasteiger partial charge in [0.2, 0.25) is 0 Å². The van der Waals surface area contributed by atoms with E-state index < -0.39 is 10.8 Å². The summed E-state index contributed by atoms with van der Waals surface area (Å²) in [6.07, 6.45) is 0. The standard InChI is InChI=1S/C17H12ClN3O4S/c1-25-12-4-2-3-10(7-12)14-9-26-17(19-14)20-16(22)13-6-5-11(18)8-15(13)21(23)24/h2-9H,1H3,(H,19,20,22). The maximum absolute atomic E-state index is 12.4. The number of nitrogens with zero attached hydrogens (tertiary/aromatic N) is 2. The van der Waals surface area contributed by atoms with Gasteiger partial charge in [0.1, 0.15) is 11.3 Å². The van der Waals surface area contributed by atoms with Crippen molar-refractivity contribution in [2.45, 2.75) is 0 Å². The largest absolute Gasteiger partial charge is 0.497 e. The molecule has 0 spiro atoms. The molecular formula is C17H12ClN3O4S. The molecular weight excluding hydrogens is 378 g/mol. The molecule has 9 heteroatoms. The summed E-state index contributed by atoms with van der Waals surface area (Å²) in [6.45, 7) is 0. The van der Waals surface area contributed by atoms with Gasteiger partial charge in [0.05, 0.1) is 17.7 Å². The van der Waals surface area contributed by atoms with E-state index in [2.05, 4.69) is 10.3 Å². The Bertz CT molecular complexity index is 990. The number of methoxy groups -OCH3 is 1. The van der Waals surface area contributed by atoms with Crippen LogP contribution in [0.4, 0.5) is 10.8 Å². The van der Waals surface area contributed by atoms with E-state index in [9.17, 15) is 14.9 Å². The highest BCUT2D eigenvalue weighted by molar-refractivity contribution is 7.14. The van der Waals surface area contributed by atoms with E-state index in [1.165, 1.54) is 23.5 Å². The molecule has 0 aliphatic carbocycles. The molecule has 0 atom stereocenters. The minimum absolute atomic E-state index is 0.0856. The summed E-state index contributed by atoms with van der Waals surface area (Å²) in [6, 6.07) is 11.2. The minimum atomic E-state index is -0.648. The molecule has 3 rings (SSSR count). The zero-order valence-electron chi connectivity index (χ0n) is 13.4. The van der Waals surface area contributed by atoms with E-state index in [4.69, 9.17) is 16.3 Å². The fourth-order valence-corrected chi connectivity index (χ4v) is 3.14. The first kappa shape index (κ1) is 17.8. The predicted octanol–water partition coefficient (Wildman–Crippen LogP) is 4.63. The fourth-order valence-electron chi connectivity index (χ4n) is 2.26. The molecule has 1 amide bonds. The Morgan fingerprint density at radius 2 is 2.12 bits per heavy atom. The number of anilines is 1. The Hall–Kier alpha value is -2.97. The molecule has 0 aliphatic heterocycles. The molecule has 1 N–H and O–H groups in total. The van der Waals surface area contributed by atoms with Crippen LogP contribution in [0.15, 0.2) is 47.8 Å². The van der Waals surface area contributed by atoms with Gasteiger partial charge in [0.25, 0.3) is 11.6 Å². The number of hydrogen-bond acceptors (Lipinski definition) is 6. The number of amides is 1. The van der Waals surface area contributed by atoms with Gasteiger partial charge in [-0.1, -0.05) is 23.7 Å². The van der Waals surface area contributed by atoms with Crippen LogP contribution in [0.5, 0.6) is 5.75 Å². The second-order valence-electron chi connectivity index (χ2n) is 5.14. The van der Waals surface area contributed by atoms with Crippen LogP contribution >= 0.6 is 22.9 Å². The van der Waals surface area contributed by atoms with E-state index in [1.54, 1.807) is 12.5 Å². The van der Waals surface area contributed by atoms with Gasteiger partial charge in [-0.25, -0.2) is 4.98 Å². The van der Waals surface area contributed by atoms with Crippen molar-refractivity contribution in [1.29, 1.82) is 0 Å². The number of halogens is 1. The van der Waals surface area contributed by atoms with E-state index in [-0.39, 0.29) is 16.3 Å². The molecule has 132 valence electrons. The van der Waals surface area contributed by atoms with Crippen molar-refractivity contribution >= 4 is 39.7 Å². The molecule has 0 radical (unpaired) electrons. The Morgan fingerprint density at radius 1 is 1.31 bits per heavy atom. The van der Waals surface area contributed by atoms with Crippen LogP contribution < -0.4 is 10.1 Å². The molecule has 1 aromatic heterocycles. The summed E-state index contributed by atoms with van der Waals surface area (Å²) >= 11 is 6.98. The smallest absolute Gasteiger partial charge is 0.283 e. The SMILES string of the molecule is COc1cccc(-c2csc(NC(=O)c3ccc(Cl)cc3[N+](=O)[O-])n2)c1. The van der Waals surface area contributed by atoms with Crippen LogP contribution in [0, 0.1) is 10.1 Å². The first-order chi connectivity index (χ1) is 12.5. The number of ether oxygens (including phenoxy) is 1. The number of nitro groups is 1. The summed E-state index contributed by atoms with van der Waals surface area (Å²) in [5, 5.41) is 16.0. The molecule has 7 nitrogen and oxygen atoms in total. The molecule has 2 aromatic carbocycles. The number of carbonyl (C=O) groups is 1. The van der Waals surface area contributed by atoms with Crippen molar-refractivity contribution in [1.82, 2.24) is 4.98 Å². The number of nitro benzene ring substituents is 1. The van der Waals surface area contributed by atoms with Gasteiger partial charge in [-0.15, -0.1) is 11.3 Å². The van der Waals surface area contributed by atoms with Crippen molar-refractivity contribution in [3.05, 3.63) is 68.5 Å². The Labute approximate surface area is 157 Å². The number of hydrogen-bond donors (Lipinski definition) is 1. The van der Waals surface area contributed by atoms with Gasteiger partial charge in [0, 0.05) is 22.0 Å². The maximum Gasteiger partial charge on any atom is 0.283 e. The fraction of sp³-hybridized carbons (Fsp3) is 0.0588. The van der Waals surface area contributed by atoms with Crippen molar-refractivity contribution in [2.24, 2.45) is 0 Å². The zero-order valence-corrected chi connectivity index (χ0v) is 15.0. The van der Waals surface area contributed by atoms with Crippen molar-refractivity contribution in [3.8, 4) is 17.0 Å². The monoisotopic (exact) mass is 389 g/mol. The highest BCUT2D eigenvalue weighted by Gasteiger charge is 2.21. The second-order valence-corrected chi connectivity index (χ2v) is 6.44. The summed E-state index contributed by atoms with van der Waals surface area (Å²) in [4.78, 5) is 27.2.